The Kier molecular flexibility index (Phi) is 6.37. The average Bonchev–Trinajstić information content (AvgIpc) is 3.44. The first-order valence-corrected chi connectivity index (χ1v) is 13.6. The molecule has 0 radical (unpaired) electrons. The second-order valence-corrected chi connectivity index (χ2v) is 11.3. The molecule has 6 heteroatoms. The Bertz CT molecular complexity index is 1500. The molecule has 1 saturated heterocycles. The minimum absolute atomic E-state index is 0.0591. The molecule has 2 aliphatic rings. The third-order valence-electron chi connectivity index (χ3n) is 8.27. The van der Waals surface area contributed by atoms with Crippen LogP contribution in [-0.2, 0) is 12.0 Å². The minimum atomic E-state index is -0.0808. The first-order valence-electron chi connectivity index (χ1n) is 13.3. The molecule has 5 nitrogen and oxygen atoms in total. The monoisotopic (exact) mass is 525 g/mol. The number of aryl methyl sites for hydroxylation is 3. The predicted molar refractivity (Wildman–Crippen MR) is 152 cm³/mol. The number of carbonyl (C=O) groups is 1. The molecule has 1 amide bonds. The van der Waals surface area contributed by atoms with Crippen molar-refractivity contribution in [3.63, 3.8) is 0 Å². The van der Waals surface area contributed by atoms with Gasteiger partial charge in [0.1, 0.15) is 17.0 Å². The van der Waals surface area contributed by atoms with E-state index in [0.29, 0.717) is 34.1 Å². The van der Waals surface area contributed by atoms with Crippen LogP contribution in [0.3, 0.4) is 0 Å². The molecule has 3 heterocycles. The number of fused-ring (bicyclic) bond motifs is 2. The molecule has 6 rings (SSSR count). The van der Waals surface area contributed by atoms with Gasteiger partial charge in [0.2, 0.25) is 0 Å². The summed E-state index contributed by atoms with van der Waals surface area (Å²) in [6, 6.07) is 22.8. The van der Waals surface area contributed by atoms with Gasteiger partial charge in [-0.2, -0.15) is 0 Å². The Balaban J connectivity index is 1.30. The zero-order valence-electron chi connectivity index (χ0n) is 22.1. The molecule has 4 aromatic rings. The molecule has 0 bridgehead atoms. The molecule has 0 atom stereocenters. The topological polar surface area (TPSA) is 49.6 Å². The van der Waals surface area contributed by atoms with Crippen molar-refractivity contribution in [1.29, 1.82) is 0 Å². The van der Waals surface area contributed by atoms with Crippen LogP contribution < -0.4 is 4.90 Å². The van der Waals surface area contributed by atoms with Gasteiger partial charge in [0.05, 0.1) is 5.02 Å². The maximum Gasteiger partial charge on any atom is 0.264 e. The largest absolute Gasteiger partial charge is 0.360 e. The van der Waals surface area contributed by atoms with Crippen LogP contribution in [0, 0.1) is 20.8 Å². The van der Waals surface area contributed by atoms with Crippen LogP contribution in [0.15, 0.2) is 71.3 Å². The highest BCUT2D eigenvalue weighted by atomic mass is 35.5. The lowest BCUT2D eigenvalue weighted by Gasteiger charge is -2.40. The second-order valence-electron chi connectivity index (χ2n) is 10.9. The molecule has 0 N–H and O–H groups in total. The summed E-state index contributed by atoms with van der Waals surface area (Å²) < 4.78 is 5.55. The van der Waals surface area contributed by atoms with Crippen LogP contribution in [0.5, 0.6) is 0 Å². The van der Waals surface area contributed by atoms with Crippen LogP contribution in [0.1, 0.15) is 51.2 Å². The van der Waals surface area contributed by atoms with Crippen LogP contribution in [0.4, 0.5) is 5.69 Å². The van der Waals surface area contributed by atoms with E-state index in [1.165, 1.54) is 22.3 Å². The van der Waals surface area contributed by atoms with E-state index in [1.807, 2.05) is 29.2 Å². The molecule has 0 unspecified atom stereocenters. The smallest absolute Gasteiger partial charge is 0.264 e. The van der Waals surface area contributed by atoms with Gasteiger partial charge in [0, 0.05) is 29.8 Å². The van der Waals surface area contributed by atoms with Gasteiger partial charge in [0.25, 0.3) is 5.91 Å². The van der Waals surface area contributed by atoms with Crippen LogP contribution in [0.25, 0.3) is 11.3 Å². The number of anilines is 1. The highest BCUT2D eigenvalue weighted by molar-refractivity contribution is 6.33. The normalized spacial score (nSPS) is 16.7. The number of halogens is 1. The Morgan fingerprint density at radius 1 is 0.974 bits per heavy atom. The van der Waals surface area contributed by atoms with Gasteiger partial charge in [0.15, 0.2) is 0 Å². The second kappa shape index (κ2) is 9.72. The summed E-state index contributed by atoms with van der Waals surface area (Å²) in [6.07, 6.45) is 2.03. The van der Waals surface area contributed by atoms with Crippen molar-refractivity contribution in [2.24, 2.45) is 0 Å². The lowest BCUT2D eigenvalue weighted by atomic mass is 9.74. The highest BCUT2D eigenvalue weighted by Gasteiger charge is 2.47. The van der Waals surface area contributed by atoms with Crippen LogP contribution in [-0.4, -0.2) is 35.6 Å². The summed E-state index contributed by atoms with van der Waals surface area (Å²) in [5.74, 6) is 0.426. The fourth-order valence-electron chi connectivity index (χ4n) is 6.08. The lowest BCUT2D eigenvalue weighted by Crippen LogP contribution is -2.45. The summed E-state index contributed by atoms with van der Waals surface area (Å²) in [4.78, 5) is 18.7. The summed E-state index contributed by atoms with van der Waals surface area (Å²) in [7, 11) is 0. The van der Waals surface area contributed by atoms with Gasteiger partial charge in [-0.15, -0.1) is 0 Å². The number of aromatic nitrogens is 1. The zero-order chi connectivity index (χ0) is 26.4. The molecule has 1 spiro atoms. The SMILES string of the molecule is Cc1ccc(CN2CCC3(CC2)CN(C(=O)c2c(-c4ccccc4Cl)noc2C)c2ccc(C)cc23)cc1. The Morgan fingerprint density at radius 3 is 2.42 bits per heavy atom. The van der Waals surface area contributed by atoms with E-state index >= 15 is 0 Å². The maximum atomic E-state index is 14.2. The van der Waals surface area contributed by atoms with E-state index < -0.39 is 0 Å². The Labute approximate surface area is 229 Å². The number of likely N-dealkylation sites (tertiary alicyclic amines) is 1. The summed E-state index contributed by atoms with van der Waals surface area (Å²) >= 11 is 6.49. The number of benzene rings is 3. The third kappa shape index (κ3) is 4.34. The molecule has 1 aromatic heterocycles. The van der Waals surface area contributed by atoms with E-state index in [0.717, 1.165) is 38.2 Å². The van der Waals surface area contributed by atoms with Gasteiger partial charge in [-0.05, 0) is 70.0 Å². The van der Waals surface area contributed by atoms with Crippen LogP contribution in [0.2, 0.25) is 5.02 Å². The van der Waals surface area contributed by atoms with Crippen LogP contribution >= 0.6 is 11.6 Å². The standard InChI is InChI=1S/C32H32ClN3O2/c1-21-8-11-24(12-9-21)19-35-16-14-32(15-17-35)20-36(28-13-10-22(2)18-26(28)32)31(37)29-23(3)38-34-30(29)25-6-4-5-7-27(25)33/h4-13,18H,14-17,19-20H2,1-3H3. The van der Waals surface area contributed by atoms with E-state index in [4.69, 9.17) is 16.1 Å². The van der Waals surface area contributed by atoms with Gasteiger partial charge in [-0.25, -0.2) is 0 Å². The molecule has 38 heavy (non-hydrogen) atoms. The van der Waals surface area contributed by atoms with Crippen molar-refractivity contribution in [3.8, 4) is 11.3 Å². The Hall–Kier alpha value is -3.41. The number of amides is 1. The number of piperidine rings is 1. The zero-order valence-corrected chi connectivity index (χ0v) is 22.9. The summed E-state index contributed by atoms with van der Waals surface area (Å²) in [5.41, 5.74) is 7.77. The van der Waals surface area contributed by atoms with Crippen molar-refractivity contribution in [3.05, 3.63) is 105 Å². The maximum absolute atomic E-state index is 14.2. The van der Waals surface area contributed by atoms with Crippen molar-refractivity contribution in [1.82, 2.24) is 10.1 Å². The number of hydrogen-bond donors (Lipinski definition) is 0. The number of carbonyl (C=O) groups excluding carboxylic acids is 1. The highest BCUT2D eigenvalue weighted by Crippen LogP contribution is 2.48. The molecule has 0 aliphatic carbocycles. The average molecular weight is 526 g/mol. The van der Waals surface area contributed by atoms with E-state index in [2.05, 4.69) is 66.4 Å². The molecule has 3 aromatic carbocycles. The molecule has 194 valence electrons. The first-order chi connectivity index (χ1) is 18.3. The quantitative estimate of drug-likeness (QED) is 0.285. The fourth-order valence-corrected chi connectivity index (χ4v) is 6.30. The first kappa shape index (κ1) is 24.9. The van der Waals surface area contributed by atoms with Crippen molar-refractivity contribution in [2.45, 2.75) is 45.6 Å². The Morgan fingerprint density at radius 2 is 1.68 bits per heavy atom. The number of rotatable bonds is 4. The molecular weight excluding hydrogens is 494 g/mol. The van der Waals surface area contributed by atoms with Crippen molar-refractivity contribution in [2.75, 3.05) is 24.5 Å². The third-order valence-corrected chi connectivity index (χ3v) is 8.60. The van der Waals surface area contributed by atoms with Gasteiger partial charge in [-0.3, -0.25) is 9.69 Å². The van der Waals surface area contributed by atoms with Gasteiger partial charge < -0.3 is 9.42 Å². The fraction of sp³-hybridized carbons (Fsp3) is 0.312. The minimum Gasteiger partial charge on any atom is -0.360 e. The van der Waals surface area contributed by atoms with E-state index in [9.17, 15) is 4.79 Å². The lowest BCUT2D eigenvalue weighted by molar-refractivity contribution is 0.0974. The number of hydrogen-bond acceptors (Lipinski definition) is 4. The number of nitrogens with zero attached hydrogens (tertiary/aromatic N) is 3. The summed E-state index contributed by atoms with van der Waals surface area (Å²) in [6.45, 7) is 9.67. The van der Waals surface area contributed by atoms with E-state index in [-0.39, 0.29) is 11.3 Å². The van der Waals surface area contributed by atoms with Gasteiger partial charge in [-0.1, -0.05) is 82.5 Å². The molecule has 1 fully saturated rings. The molecular formula is C32H32ClN3O2. The van der Waals surface area contributed by atoms with Crippen molar-refractivity contribution < 1.29 is 9.32 Å². The predicted octanol–water partition coefficient (Wildman–Crippen LogP) is 7.11. The van der Waals surface area contributed by atoms with Gasteiger partial charge >= 0.3 is 0 Å². The molecule has 0 saturated carbocycles. The summed E-state index contributed by atoms with van der Waals surface area (Å²) in [5, 5.41) is 4.80. The van der Waals surface area contributed by atoms with E-state index in [1.54, 1.807) is 6.92 Å². The van der Waals surface area contributed by atoms with Crippen molar-refractivity contribution >= 4 is 23.2 Å². The molecule has 2 aliphatic heterocycles.